The molecule has 2 aliphatic heterocycles. The fourth-order valence-electron chi connectivity index (χ4n) is 2.78. The first-order chi connectivity index (χ1) is 9.74. The molecule has 1 unspecified atom stereocenters. The lowest BCUT2D eigenvalue weighted by atomic mass is 10.1. The second kappa shape index (κ2) is 8.44. The highest BCUT2D eigenvalue weighted by Crippen LogP contribution is 2.05. The number of piperazine rings is 1. The van der Waals surface area contributed by atoms with Crippen molar-refractivity contribution in [3.63, 3.8) is 0 Å². The molecule has 116 valence electrons. The Hall–Kier alpha value is -0.850. The van der Waals surface area contributed by atoms with Gasteiger partial charge in [0.1, 0.15) is 0 Å². The average molecular weight is 283 g/mol. The number of nitrogens with zero attached hydrogens (tertiary/aromatic N) is 2. The summed E-state index contributed by atoms with van der Waals surface area (Å²) in [5.74, 6) is 0. The predicted octanol–water partition coefficient (Wildman–Crippen LogP) is -0.325. The van der Waals surface area contributed by atoms with E-state index in [1.54, 1.807) is 0 Å². The Labute approximate surface area is 122 Å². The molecule has 2 fully saturated rings. The van der Waals surface area contributed by atoms with Crippen LogP contribution in [0.2, 0.25) is 0 Å². The van der Waals surface area contributed by atoms with Gasteiger partial charge in [-0.15, -0.1) is 0 Å². The zero-order valence-electron chi connectivity index (χ0n) is 12.7. The van der Waals surface area contributed by atoms with Crippen molar-refractivity contribution >= 4 is 6.03 Å². The van der Waals surface area contributed by atoms with Crippen LogP contribution in [0.4, 0.5) is 4.79 Å². The third kappa shape index (κ3) is 5.64. The van der Waals surface area contributed by atoms with Gasteiger partial charge in [-0.3, -0.25) is 4.90 Å². The Bertz CT molecular complexity index is 285. The monoisotopic (exact) mass is 283 g/mol. The number of nitrogens with one attached hydrogen (secondary N) is 3. The maximum atomic E-state index is 11.7. The summed E-state index contributed by atoms with van der Waals surface area (Å²) in [4.78, 5) is 16.4. The van der Waals surface area contributed by atoms with Crippen molar-refractivity contribution in [1.82, 2.24) is 25.8 Å². The molecule has 0 aliphatic carbocycles. The fraction of sp³-hybridized carbons (Fsp3) is 0.929. The molecular weight excluding hydrogens is 254 g/mol. The molecule has 0 bridgehead atoms. The molecule has 2 rings (SSSR count). The lowest BCUT2D eigenvalue weighted by Gasteiger charge is -2.32. The largest absolute Gasteiger partial charge is 0.337 e. The highest BCUT2D eigenvalue weighted by atomic mass is 16.2. The molecule has 2 amide bonds. The Kier molecular flexibility index (Phi) is 6.56. The van der Waals surface area contributed by atoms with E-state index in [1.165, 1.54) is 19.3 Å². The number of carbonyl (C=O) groups is 1. The van der Waals surface area contributed by atoms with Gasteiger partial charge in [-0.2, -0.15) is 0 Å². The first-order valence-electron chi connectivity index (χ1n) is 7.90. The number of urea groups is 1. The van der Waals surface area contributed by atoms with Crippen LogP contribution in [-0.4, -0.2) is 81.3 Å². The molecule has 6 nitrogen and oxygen atoms in total. The minimum Gasteiger partial charge on any atom is -0.337 e. The van der Waals surface area contributed by atoms with Gasteiger partial charge in [-0.05, 0) is 26.4 Å². The summed E-state index contributed by atoms with van der Waals surface area (Å²) < 4.78 is 0. The van der Waals surface area contributed by atoms with Crippen molar-refractivity contribution in [1.29, 1.82) is 0 Å². The van der Waals surface area contributed by atoms with Crippen molar-refractivity contribution in [2.45, 2.75) is 25.3 Å². The quantitative estimate of drug-likeness (QED) is 0.647. The normalized spacial score (nSPS) is 25.4. The SMILES string of the molecule is CN1CCN(CCNC(=O)NCC2CCCCN2)CC1. The van der Waals surface area contributed by atoms with Gasteiger partial charge in [0.15, 0.2) is 0 Å². The molecule has 0 aromatic rings. The van der Waals surface area contributed by atoms with Crippen LogP contribution in [0.1, 0.15) is 19.3 Å². The summed E-state index contributed by atoms with van der Waals surface area (Å²) in [7, 11) is 2.16. The Morgan fingerprint density at radius 2 is 2.00 bits per heavy atom. The van der Waals surface area contributed by atoms with Gasteiger partial charge in [-0.25, -0.2) is 4.79 Å². The summed E-state index contributed by atoms with van der Waals surface area (Å²) in [5, 5.41) is 9.34. The van der Waals surface area contributed by atoms with Gasteiger partial charge in [0, 0.05) is 51.9 Å². The lowest BCUT2D eigenvalue weighted by Crippen LogP contribution is -2.49. The third-order valence-corrected chi connectivity index (χ3v) is 4.23. The van der Waals surface area contributed by atoms with E-state index in [0.717, 1.165) is 52.4 Å². The molecule has 6 heteroatoms. The Balaban J connectivity index is 1.49. The van der Waals surface area contributed by atoms with E-state index >= 15 is 0 Å². The van der Waals surface area contributed by atoms with Gasteiger partial charge in [0.2, 0.25) is 0 Å². The summed E-state index contributed by atoms with van der Waals surface area (Å²) >= 11 is 0. The lowest BCUT2D eigenvalue weighted by molar-refractivity contribution is 0.155. The van der Waals surface area contributed by atoms with Crippen LogP contribution in [0.15, 0.2) is 0 Å². The molecule has 2 heterocycles. The number of rotatable bonds is 5. The van der Waals surface area contributed by atoms with E-state index in [-0.39, 0.29) is 6.03 Å². The molecule has 0 saturated carbocycles. The summed E-state index contributed by atoms with van der Waals surface area (Å²) in [6, 6.07) is 0.415. The van der Waals surface area contributed by atoms with Crippen LogP contribution in [-0.2, 0) is 0 Å². The van der Waals surface area contributed by atoms with E-state index in [1.807, 2.05) is 0 Å². The van der Waals surface area contributed by atoms with E-state index < -0.39 is 0 Å². The molecular formula is C14H29N5O. The molecule has 1 atom stereocenters. The van der Waals surface area contributed by atoms with Crippen LogP contribution in [0.3, 0.4) is 0 Å². The van der Waals surface area contributed by atoms with Gasteiger partial charge < -0.3 is 20.9 Å². The van der Waals surface area contributed by atoms with Gasteiger partial charge in [0.05, 0.1) is 0 Å². The maximum absolute atomic E-state index is 11.7. The standard InChI is InChI=1S/C14H29N5O/c1-18-8-10-19(11-9-18)7-6-16-14(20)17-12-13-4-2-3-5-15-13/h13,15H,2-12H2,1H3,(H2,16,17,20). The number of piperidine rings is 1. The summed E-state index contributed by atoms with van der Waals surface area (Å²) in [6.07, 6.45) is 3.69. The van der Waals surface area contributed by atoms with E-state index in [2.05, 4.69) is 32.8 Å². The zero-order chi connectivity index (χ0) is 14.2. The van der Waals surface area contributed by atoms with Crippen molar-refractivity contribution in [2.24, 2.45) is 0 Å². The molecule has 3 N–H and O–H groups in total. The highest BCUT2D eigenvalue weighted by Gasteiger charge is 2.14. The third-order valence-electron chi connectivity index (χ3n) is 4.23. The van der Waals surface area contributed by atoms with Crippen LogP contribution in [0, 0.1) is 0 Å². The molecule has 20 heavy (non-hydrogen) atoms. The first-order valence-corrected chi connectivity index (χ1v) is 7.90. The van der Waals surface area contributed by atoms with Crippen molar-refractivity contribution < 1.29 is 4.79 Å². The number of amides is 2. The molecule has 0 radical (unpaired) electrons. The number of hydrogen-bond acceptors (Lipinski definition) is 4. The minimum atomic E-state index is -0.0356. The van der Waals surface area contributed by atoms with Crippen LogP contribution < -0.4 is 16.0 Å². The van der Waals surface area contributed by atoms with Crippen molar-refractivity contribution in [2.75, 3.05) is 59.4 Å². The number of likely N-dealkylation sites (N-methyl/N-ethyl adjacent to an activating group) is 1. The second-order valence-electron chi connectivity index (χ2n) is 5.93. The Morgan fingerprint density at radius 3 is 2.70 bits per heavy atom. The van der Waals surface area contributed by atoms with E-state index in [9.17, 15) is 4.79 Å². The summed E-state index contributed by atoms with van der Waals surface area (Å²) in [5.41, 5.74) is 0. The average Bonchev–Trinajstić information content (AvgIpc) is 2.48. The van der Waals surface area contributed by atoms with Gasteiger partial charge >= 0.3 is 6.03 Å². The summed E-state index contributed by atoms with van der Waals surface area (Å²) in [6.45, 7) is 7.95. The van der Waals surface area contributed by atoms with Crippen LogP contribution >= 0.6 is 0 Å². The maximum Gasteiger partial charge on any atom is 0.314 e. The first kappa shape index (κ1) is 15.5. The number of hydrogen-bond donors (Lipinski definition) is 3. The van der Waals surface area contributed by atoms with Crippen molar-refractivity contribution in [3.05, 3.63) is 0 Å². The molecule has 0 aromatic heterocycles. The van der Waals surface area contributed by atoms with E-state index in [0.29, 0.717) is 6.04 Å². The molecule has 2 aliphatic rings. The van der Waals surface area contributed by atoms with Crippen LogP contribution in [0.5, 0.6) is 0 Å². The smallest absolute Gasteiger partial charge is 0.314 e. The van der Waals surface area contributed by atoms with E-state index in [4.69, 9.17) is 0 Å². The van der Waals surface area contributed by atoms with Gasteiger partial charge in [-0.1, -0.05) is 6.42 Å². The molecule has 0 spiro atoms. The van der Waals surface area contributed by atoms with Gasteiger partial charge in [0.25, 0.3) is 0 Å². The molecule has 0 aromatic carbocycles. The fourth-order valence-corrected chi connectivity index (χ4v) is 2.78. The zero-order valence-corrected chi connectivity index (χ0v) is 12.7. The second-order valence-corrected chi connectivity index (χ2v) is 5.93. The van der Waals surface area contributed by atoms with Crippen molar-refractivity contribution in [3.8, 4) is 0 Å². The molecule has 2 saturated heterocycles. The minimum absolute atomic E-state index is 0.0356. The number of carbonyl (C=O) groups excluding carboxylic acids is 1. The highest BCUT2D eigenvalue weighted by molar-refractivity contribution is 5.73. The Morgan fingerprint density at radius 1 is 1.20 bits per heavy atom. The topological polar surface area (TPSA) is 59.6 Å². The van der Waals surface area contributed by atoms with Crippen LogP contribution in [0.25, 0.3) is 0 Å². The predicted molar refractivity (Wildman–Crippen MR) is 81.0 cm³/mol.